The minimum Gasteiger partial charge on any atom is -0.508 e. The molecule has 1 unspecified atom stereocenters. The van der Waals surface area contributed by atoms with Crippen molar-refractivity contribution in [2.45, 2.75) is 70.8 Å². The molecule has 0 aliphatic heterocycles. The summed E-state index contributed by atoms with van der Waals surface area (Å²) >= 11 is 0. The quantitative estimate of drug-likeness (QED) is 0.385. The molecule has 0 aromatic heterocycles. The van der Waals surface area contributed by atoms with Crippen molar-refractivity contribution in [3.8, 4) is 5.75 Å². The Morgan fingerprint density at radius 3 is 2.29 bits per heavy atom. The molecule has 0 saturated carbocycles. The van der Waals surface area contributed by atoms with E-state index in [4.69, 9.17) is 5.73 Å². The molecule has 1 rings (SSSR count). The molecule has 0 radical (unpaired) electrons. The molecule has 0 heterocycles. The van der Waals surface area contributed by atoms with Gasteiger partial charge in [-0.15, -0.1) is 0 Å². The van der Waals surface area contributed by atoms with Crippen LogP contribution in [-0.4, -0.2) is 34.9 Å². The first-order valence-corrected chi connectivity index (χ1v) is 9.92. The fourth-order valence-electron chi connectivity index (χ4n) is 2.84. The highest BCUT2D eigenvalue weighted by atomic mass is 16.3. The molecule has 1 aromatic carbocycles. The van der Waals surface area contributed by atoms with E-state index in [0.717, 1.165) is 37.7 Å². The number of amides is 3. The Hall–Kier alpha value is -2.57. The molecule has 28 heavy (non-hydrogen) atoms. The summed E-state index contributed by atoms with van der Waals surface area (Å²) in [7, 11) is 0. The number of benzene rings is 1. The maximum absolute atomic E-state index is 12.2. The summed E-state index contributed by atoms with van der Waals surface area (Å²) < 4.78 is 0. The van der Waals surface area contributed by atoms with E-state index in [1.54, 1.807) is 24.3 Å². The van der Waals surface area contributed by atoms with Crippen molar-refractivity contribution in [2.24, 2.45) is 5.73 Å². The summed E-state index contributed by atoms with van der Waals surface area (Å²) in [5.74, 6) is -1.18. The van der Waals surface area contributed by atoms with Gasteiger partial charge in [0.2, 0.25) is 17.7 Å². The summed E-state index contributed by atoms with van der Waals surface area (Å²) in [5.41, 5.74) is 4.99. The smallest absolute Gasteiger partial charge is 0.243 e. The van der Waals surface area contributed by atoms with Crippen LogP contribution in [0.2, 0.25) is 0 Å². The number of nitrogens with two attached hydrogens (primary N) is 1. The molecule has 3 amide bonds. The van der Waals surface area contributed by atoms with Gasteiger partial charge < -0.3 is 21.5 Å². The van der Waals surface area contributed by atoms with Crippen LogP contribution in [0.15, 0.2) is 24.3 Å². The molecule has 5 N–H and O–H groups in total. The highest BCUT2D eigenvalue weighted by molar-refractivity contribution is 5.94. The summed E-state index contributed by atoms with van der Waals surface area (Å²) in [4.78, 5) is 36.2. The number of hydrogen-bond donors (Lipinski definition) is 4. The third-order valence-electron chi connectivity index (χ3n) is 4.65. The summed E-state index contributed by atoms with van der Waals surface area (Å²) in [5, 5.41) is 14.6. The number of unbranched alkanes of at least 4 members (excludes halogenated alkanes) is 4. The fourth-order valence-corrected chi connectivity index (χ4v) is 2.84. The average Bonchev–Trinajstić information content (AvgIpc) is 2.63. The lowest BCUT2D eigenvalue weighted by atomic mass is 9.95. The molecule has 1 atom stereocenters. The molecule has 7 nitrogen and oxygen atoms in total. The van der Waals surface area contributed by atoms with Crippen molar-refractivity contribution in [1.82, 2.24) is 10.6 Å². The maximum Gasteiger partial charge on any atom is 0.243 e. The summed E-state index contributed by atoms with van der Waals surface area (Å²) in [6, 6.07) is 6.71. The van der Waals surface area contributed by atoms with E-state index >= 15 is 0 Å². The molecule has 0 fully saturated rings. The SMILES string of the molecule is CCCCCCCC(=O)NC(C)(CC(=O)NCCc1ccc(O)cc1)C(N)=O. The van der Waals surface area contributed by atoms with Gasteiger partial charge in [0.05, 0.1) is 6.42 Å². The summed E-state index contributed by atoms with van der Waals surface area (Å²) in [6.45, 7) is 3.98. The van der Waals surface area contributed by atoms with E-state index in [0.29, 0.717) is 19.4 Å². The topological polar surface area (TPSA) is 122 Å². The first kappa shape index (κ1) is 23.5. The van der Waals surface area contributed by atoms with Gasteiger partial charge in [-0.1, -0.05) is 44.7 Å². The third-order valence-corrected chi connectivity index (χ3v) is 4.65. The number of rotatable bonds is 13. The van der Waals surface area contributed by atoms with E-state index in [9.17, 15) is 19.5 Å². The number of phenolic OH excluding ortho intramolecular Hbond substituents is 1. The molecular formula is C21H33N3O4. The van der Waals surface area contributed by atoms with Gasteiger partial charge in [-0.2, -0.15) is 0 Å². The van der Waals surface area contributed by atoms with Crippen molar-refractivity contribution >= 4 is 17.7 Å². The van der Waals surface area contributed by atoms with Crippen LogP contribution < -0.4 is 16.4 Å². The Morgan fingerprint density at radius 2 is 1.68 bits per heavy atom. The van der Waals surface area contributed by atoms with Crippen LogP contribution in [0.25, 0.3) is 0 Å². The highest BCUT2D eigenvalue weighted by Crippen LogP contribution is 2.12. The predicted octanol–water partition coefficient (Wildman–Crippen LogP) is 2.16. The second kappa shape index (κ2) is 12.0. The lowest BCUT2D eigenvalue weighted by Gasteiger charge is -2.27. The Kier molecular flexibility index (Phi) is 10.1. The van der Waals surface area contributed by atoms with Crippen molar-refractivity contribution in [3.63, 3.8) is 0 Å². The van der Waals surface area contributed by atoms with Crippen molar-refractivity contribution in [1.29, 1.82) is 0 Å². The van der Waals surface area contributed by atoms with Gasteiger partial charge >= 0.3 is 0 Å². The average molecular weight is 392 g/mol. The Bertz CT molecular complexity index is 646. The molecule has 0 aliphatic rings. The van der Waals surface area contributed by atoms with Gasteiger partial charge in [-0.05, 0) is 37.5 Å². The van der Waals surface area contributed by atoms with Crippen LogP contribution in [0.5, 0.6) is 5.75 Å². The second-order valence-electron chi connectivity index (χ2n) is 7.35. The van der Waals surface area contributed by atoms with Crippen LogP contribution in [0.4, 0.5) is 0 Å². The van der Waals surface area contributed by atoms with Crippen LogP contribution >= 0.6 is 0 Å². The van der Waals surface area contributed by atoms with Crippen LogP contribution in [0.1, 0.15) is 64.4 Å². The van der Waals surface area contributed by atoms with Crippen molar-refractivity contribution < 1.29 is 19.5 Å². The number of phenols is 1. The highest BCUT2D eigenvalue weighted by Gasteiger charge is 2.35. The molecule has 156 valence electrons. The number of primary amides is 1. The Morgan fingerprint density at radius 1 is 1.04 bits per heavy atom. The number of carbonyl (C=O) groups excluding carboxylic acids is 3. The van der Waals surface area contributed by atoms with E-state index < -0.39 is 11.4 Å². The normalized spacial score (nSPS) is 12.8. The largest absolute Gasteiger partial charge is 0.508 e. The molecular weight excluding hydrogens is 358 g/mol. The number of aromatic hydroxyl groups is 1. The fraction of sp³-hybridized carbons (Fsp3) is 0.571. The molecule has 1 aromatic rings. The molecule has 0 spiro atoms. The van der Waals surface area contributed by atoms with Crippen LogP contribution in [0, 0.1) is 0 Å². The number of carbonyl (C=O) groups is 3. The lowest BCUT2D eigenvalue weighted by Crippen LogP contribution is -2.57. The van der Waals surface area contributed by atoms with Gasteiger partial charge in [0.15, 0.2) is 0 Å². The predicted molar refractivity (Wildman–Crippen MR) is 109 cm³/mol. The van der Waals surface area contributed by atoms with Crippen molar-refractivity contribution in [2.75, 3.05) is 6.54 Å². The number of hydrogen-bond acceptors (Lipinski definition) is 4. The molecule has 0 saturated heterocycles. The minimum absolute atomic E-state index is 0.186. The number of nitrogens with one attached hydrogen (secondary N) is 2. The molecule has 7 heteroatoms. The maximum atomic E-state index is 12.2. The van der Waals surface area contributed by atoms with Gasteiger partial charge in [0.1, 0.15) is 11.3 Å². The molecule has 0 bridgehead atoms. The van der Waals surface area contributed by atoms with Gasteiger partial charge in [0.25, 0.3) is 0 Å². The minimum atomic E-state index is -1.41. The van der Waals surface area contributed by atoms with Gasteiger partial charge in [-0.3, -0.25) is 14.4 Å². The Balaban J connectivity index is 2.43. The summed E-state index contributed by atoms with van der Waals surface area (Å²) in [6.07, 6.45) is 5.77. The van der Waals surface area contributed by atoms with Crippen molar-refractivity contribution in [3.05, 3.63) is 29.8 Å². The first-order valence-electron chi connectivity index (χ1n) is 9.92. The zero-order chi connectivity index (χ0) is 21.0. The monoisotopic (exact) mass is 391 g/mol. The second-order valence-corrected chi connectivity index (χ2v) is 7.35. The Labute approximate surface area is 167 Å². The standard InChI is InChI=1S/C21H33N3O4/c1-3-4-5-6-7-8-18(26)24-21(2,20(22)28)15-19(27)23-14-13-16-9-11-17(25)12-10-16/h9-12,25H,3-8,13-15H2,1-2H3,(H2,22,28)(H,23,27)(H,24,26). The van der Waals surface area contributed by atoms with E-state index in [1.807, 2.05) is 0 Å². The van der Waals surface area contributed by atoms with Crippen LogP contribution in [0.3, 0.4) is 0 Å². The van der Waals surface area contributed by atoms with E-state index in [-0.39, 0.29) is 24.0 Å². The zero-order valence-corrected chi connectivity index (χ0v) is 16.9. The van der Waals surface area contributed by atoms with Gasteiger partial charge in [-0.25, -0.2) is 0 Å². The van der Waals surface area contributed by atoms with Crippen LogP contribution in [-0.2, 0) is 20.8 Å². The van der Waals surface area contributed by atoms with E-state index in [2.05, 4.69) is 17.6 Å². The zero-order valence-electron chi connectivity index (χ0n) is 16.9. The molecule has 0 aliphatic carbocycles. The van der Waals surface area contributed by atoms with E-state index in [1.165, 1.54) is 6.92 Å². The third kappa shape index (κ3) is 8.88. The van der Waals surface area contributed by atoms with Gasteiger partial charge in [0, 0.05) is 13.0 Å². The lowest BCUT2D eigenvalue weighted by molar-refractivity contribution is -0.134. The first-order chi connectivity index (χ1) is 13.3.